The molecule has 5 rings (SSSR count). The Morgan fingerprint density at radius 1 is 0.902 bits per heavy atom. The normalized spacial score (nSPS) is 17.3. The average molecular weight is 578 g/mol. The Labute approximate surface area is 240 Å². The highest BCUT2D eigenvalue weighted by Gasteiger charge is 2.34. The third kappa shape index (κ3) is 7.45. The Balaban J connectivity index is 1.18. The quantitative estimate of drug-likeness (QED) is 0.379. The molecule has 216 valence electrons. The van der Waals surface area contributed by atoms with Crippen LogP contribution >= 0.6 is 0 Å². The summed E-state index contributed by atoms with van der Waals surface area (Å²) in [5, 5.41) is 2.90. The Kier molecular flexibility index (Phi) is 9.21. The number of anilines is 1. The first-order valence-electron chi connectivity index (χ1n) is 14.0. The molecule has 3 aromatic rings. The summed E-state index contributed by atoms with van der Waals surface area (Å²) in [4.78, 5) is 27.8. The van der Waals surface area contributed by atoms with Gasteiger partial charge in [-0.05, 0) is 61.2 Å². The molecule has 1 heterocycles. The van der Waals surface area contributed by atoms with Crippen LogP contribution in [0.4, 0.5) is 5.69 Å². The van der Waals surface area contributed by atoms with Crippen LogP contribution in [0.1, 0.15) is 37.7 Å². The number of hydrogen-bond acceptors (Lipinski definition) is 6. The van der Waals surface area contributed by atoms with Gasteiger partial charge in [-0.15, -0.1) is 0 Å². The second-order valence-corrected chi connectivity index (χ2v) is 12.0. The van der Waals surface area contributed by atoms with Crippen LogP contribution in [0.15, 0.2) is 83.8 Å². The van der Waals surface area contributed by atoms with Gasteiger partial charge in [-0.25, -0.2) is 13.1 Å². The molecule has 1 aliphatic heterocycles. The third-order valence-corrected chi connectivity index (χ3v) is 8.88. The zero-order valence-electron chi connectivity index (χ0n) is 22.8. The van der Waals surface area contributed by atoms with E-state index in [9.17, 15) is 18.0 Å². The van der Waals surface area contributed by atoms with Crippen LogP contribution in [-0.4, -0.2) is 52.1 Å². The van der Waals surface area contributed by atoms with E-state index in [0.717, 1.165) is 37.7 Å². The molecule has 1 saturated carbocycles. The van der Waals surface area contributed by atoms with Crippen molar-refractivity contribution < 1.29 is 27.5 Å². The summed E-state index contributed by atoms with van der Waals surface area (Å²) in [6, 6.07) is 22.9. The number of fused-ring (bicyclic) bond motifs is 1. The van der Waals surface area contributed by atoms with Gasteiger partial charge < -0.3 is 19.7 Å². The number of sulfonamides is 1. The molecule has 0 saturated heterocycles. The van der Waals surface area contributed by atoms with Gasteiger partial charge in [-0.1, -0.05) is 61.7 Å². The molecule has 9 nitrogen and oxygen atoms in total. The van der Waals surface area contributed by atoms with Gasteiger partial charge in [-0.2, -0.15) is 0 Å². The zero-order valence-corrected chi connectivity index (χ0v) is 23.6. The van der Waals surface area contributed by atoms with Gasteiger partial charge in [0.15, 0.2) is 12.7 Å². The number of hydrogen-bond donors (Lipinski definition) is 2. The predicted molar refractivity (Wildman–Crippen MR) is 155 cm³/mol. The first-order valence-corrected chi connectivity index (χ1v) is 15.5. The van der Waals surface area contributed by atoms with Gasteiger partial charge in [0.1, 0.15) is 11.5 Å². The molecule has 10 heteroatoms. The molecule has 1 atom stereocenters. The van der Waals surface area contributed by atoms with Crippen molar-refractivity contribution >= 4 is 27.5 Å². The lowest BCUT2D eigenvalue weighted by molar-refractivity contribution is -0.128. The maximum atomic E-state index is 13.3. The van der Waals surface area contributed by atoms with E-state index in [1.807, 2.05) is 30.3 Å². The molecular formula is C31H35N3O6S. The van der Waals surface area contributed by atoms with Gasteiger partial charge >= 0.3 is 0 Å². The summed E-state index contributed by atoms with van der Waals surface area (Å²) in [6.45, 7) is 0.201. The van der Waals surface area contributed by atoms with Crippen LogP contribution in [0.2, 0.25) is 0 Å². The van der Waals surface area contributed by atoms with Crippen molar-refractivity contribution in [3.8, 4) is 11.5 Å². The van der Waals surface area contributed by atoms with Gasteiger partial charge in [0, 0.05) is 12.6 Å². The number of para-hydroxylation sites is 2. The van der Waals surface area contributed by atoms with Crippen molar-refractivity contribution in [2.75, 3.05) is 24.6 Å². The molecule has 2 amide bonds. The Hall–Kier alpha value is -3.89. The van der Waals surface area contributed by atoms with Gasteiger partial charge in [0.25, 0.3) is 11.8 Å². The lowest BCUT2D eigenvalue weighted by Crippen LogP contribution is -2.52. The van der Waals surface area contributed by atoms with E-state index in [-0.39, 0.29) is 35.9 Å². The fraction of sp³-hybridized carbons (Fsp3) is 0.355. The van der Waals surface area contributed by atoms with E-state index in [1.165, 1.54) is 17.0 Å². The topological polar surface area (TPSA) is 114 Å². The molecule has 1 fully saturated rings. The van der Waals surface area contributed by atoms with Crippen molar-refractivity contribution in [1.29, 1.82) is 0 Å². The van der Waals surface area contributed by atoms with Gasteiger partial charge in [0.2, 0.25) is 10.0 Å². The van der Waals surface area contributed by atoms with E-state index in [1.54, 1.807) is 36.4 Å². The smallest absolute Gasteiger partial charge is 0.265 e. The first-order chi connectivity index (χ1) is 19.9. The van der Waals surface area contributed by atoms with Crippen molar-refractivity contribution in [2.45, 2.75) is 55.6 Å². The van der Waals surface area contributed by atoms with Crippen LogP contribution in [-0.2, 0) is 26.0 Å². The fourth-order valence-electron chi connectivity index (χ4n) is 5.14. The van der Waals surface area contributed by atoms with E-state index >= 15 is 0 Å². The Bertz CT molecular complexity index is 1440. The van der Waals surface area contributed by atoms with Crippen LogP contribution in [0.5, 0.6) is 11.5 Å². The second kappa shape index (κ2) is 13.2. The Morgan fingerprint density at radius 2 is 1.61 bits per heavy atom. The molecule has 0 unspecified atom stereocenters. The fourth-order valence-corrected chi connectivity index (χ4v) is 6.45. The number of carbonyl (C=O) groups is 2. The molecule has 0 radical (unpaired) electrons. The molecule has 2 N–H and O–H groups in total. The van der Waals surface area contributed by atoms with Crippen molar-refractivity contribution in [3.05, 3.63) is 84.4 Å². The lowest BCUT2D eigenvalue weighted by atomic mass is 9.96. The maximum Gasteiger partial charge on any atom is 0.265 e. The summed E-state index contributed by atoms with van der Waals surface area (Å²) in [7, 11) is -3.63. The minimum Gasteiger partial charge on any atom is -0.484 e. The van der Waals surface area contributed by atoms with Crippen LogP contribution in [0.25, 0.3) is 0 Å². The zero-order chi connectivity index (χ0) is 28.7. The summed E-state index contributed by atoms with van der Waals surface area (Å²) in [6.07, 6.45) is 4.71. The molecular weight excluding hydrogens is 542 g/mol. The summed E-state index contributed by atoms with van der Waals surface area (Å²) >= 11 is 0. The Morgan fingerprint density at radius 3 is 2.37 bits per heavy atom. The van der Waals surface area contributed by atoms with Gasteiger partial charge in [-0.3, -0.25) is 9.59 Å². The van der Waals surface area contributed by atoms with Crippen molar-refractivity contribution in [1.82, 2.24) is 10.0 Å². The number of nitrogens with one attached hydrogen (secondary N) is 2. The summed E-state index contributed by atoms with van der Waals surface area (Å²) in [5.74, 6) is 0.160. The number of amides is 2. The molecule has 3 aromatic carbocycles. The number of rotatable bonds is 10. The number of ether oxygens (including phenoxy) is 2. The molecule has 1 aliphatic carbocycles. The van der Waals surface area contributed by atoms with Crippen LogP contribution < -0.4 is 24.4 Å². The molecule has 2 aliphatic rings. The lowest BCUT2D eigenvalue weighted by Gasteiger charge is -2.34. The van der Waals surface area contributed by atoms with Crippen LogP contribution in [0, 0.1) is 0 Å². The minimum atomic E-state index is -3.63. The largest absolute Gasteiger partial charge is 0.484 e. The highest BCUT2D eigenvalue weighted by Crippen LogP contribution is 2.33. The van der Waals surface area contributed by atoms with E-state index in [0.29, 0.717) is 30.2 Å². The van der Waals surface area contributed by atoms with E-state index in [2.05, 4.69) is 10.0 Å². The number of benzene rings is 3. The average Bonchev–Trinajstić information content (AvgIpc) is 3.00. The van der Waals surface area contributed by atoms with E-state index in [4.69, 9.17) is 9.47 Å². The SMILES string of the molecule is O=C(NCCc1ccccc1)[C@@H]1CN(C(=O)COc2ccc(S(=O)(=O)NC3CCCCC3)cc2)c2ccccc2O1. The molecule has 0 bridgehead atoms. The highest BCUT2D eigenvalue weighted by molar-refractivity contribution is 7.89. The van der Waals surface area contributed by atoms with Crippen molar-refractivity contribution in [3.63, 3.8) is 0 Å². The first kappa shape index (κ1) is 28.6. The standard InChI is InChI=1S/C31H35N3O6S/c35-30(22-39-25-15-17-26(18-16-25)41(37,38)33-24-11-5-2-6-12-24)34-21-29(40-28-14-8-7-13-27(28)34)31(36)32-20-19-23-9-3-1-4-10-23/h1,3-4,7-10,13-18,24,29,33H,2,5-6,11-12,19-22H2,(H,32,36)/t29-/m0/s1. The van der Waals surface area contributed by atoms with Crippen molar-refractivity contribution in [2.24, 2.45) is 0 Å². The summed E-state index contributed by atoms with van der Waals surface area (Å²) < 4.78 is 40.0. The second-order valence-electron chi connectivity index (χ2n) is 10.3. The number of nitrogens with zero attached hydrogens (tertiary/aromatic N) is 1. The molecule has 0 aromatic heterocycles. The highest BCUT2D eigenvalue weighted by atomic mass is 32.2. The van der Waals surface area contributed by atoms with E-state index < -0.39 is 16.1 Å². The molecule has 41 heavy (non-hydrogen) atoms. The van der Waals surface area contributed by atoms with Gasteiger partial charge in [0.05, 0.1) is 17.1 Å². The third-order valence-electron chi connectivity index (χ3n) is 7.35. The monoisotopic (exact) mass is 577 g/mol. The minimum absolute atomic E-state index is 0.0338. The summed E-state index contributed by atoms with van der Waals surface area (Å²) in [5.41, 5.74) is 1.67. The predicted octanol–water partition coefficient (Wildman–Crippen LogP) is 3.83. The number of carbonyl (C=O) groups excluding carboxylic acids is 2. The van der Waals surface area contributed by atoms with Crippen LogP contribution in [0.3, 0.4) is 0 Å². The maximum absolute atomic E-state index is 13.3. The molecule has 0 spiro atoms.